The standard InChI is InChI=1S/C14H18N4O3/c1-4-10(6-12(19)20)16-14(21)9-5-11-8(2)17-18(3)13(11)15-7-9/h5,7,10H,4,6H2,1-3H3,(H,16,21)(H,19,20). The molecule has 0 aliphatic rings. The van der Waals surface area contributed by atoms with Crippen LogP contribution in [0.5, 0.6) is 0 Å². The van der Waals surface area contributed by atoms with Crippen LogP contribution in [0.2, 0.25) is 0 Å². The number of aromatic nitrogens is 3. The maximum atomic E-state index is 12.2. The third-order valence-corrected chi connectivity index (χ3v) is 3.37. The Labute approximate surface area is 122 Å². The van der Waals surface area contributed by atoms with Gasteiger partial charge in [0.2, 0.25) is 0 Å². The number of aryl methyl sites for hydroxylation is 2. The second-order valence-electron chi connectivity index (χ2n) is 4.98. The van der Waals surface area contributed by atoms with Gasteiger partial charge < -0.3 is 10.4 Å². The molecule has 1 unspecified atom stereocenters. The number of carbonyl (C=O) groups is 2. The van der Waals surface area contributed by atoms with Crippen LogP contribution in [-0.2, 0) is 11.8 Å². The Kier molecular flexibility index (Phi) is 4.21. The Morgan fingerprint density at radius 2 is 2.19 bits per heavy atom. The third kappa shape index (κ3) is 3.18. The van der Waals surface area contributed by atoms with E-state index in [0.29, 0.717) is 17.6 Å². The zero-order valence-electron chi connectivity index (χ0n) is 12.3. The monoisotopic (exact) mass is 290 g/mol. The number of aliphatic carboxylic acids is 1. The normalized spacial score (nSPS) is 12.3. The van der Waals surface area contributed by atoms with E-state index in [1.54, 1.807) is 17.8 Å². The van der Waals surface area contributed by atoms with E-state index in [9.17, 15) is 9.59 Å². The van der Waals surface area contributed by atoms with Gasteiger partial charge in [-0.05, 0) is 19.4 Å². The van der Waals surface area contributed by atoms with Crippen LogP contribution in [-0.4, -0.2) is 37.8 Å². The van der Waals surface area contributed by atoms with Crippen molar-refractivity contribution in [2.24, 2.45) is 7.05 Å². The van der Waals surface area contributed by atoms with Crippen molar-refractivity contribution in [2.45, 2.75) is 32.7 Å². The number of fused-ring (bicyclic) bond motifs is 1. The molecule has 7 nitrogen and oxygen atoms in total. The molecule has 1 amide bonds. The van der Waals surface area contributed by atoms with Gasteiger partial charge in [-0.25, -0.2) is 4.98 Å². The van der Waals surface area contributed by atoms with Gasteiger partial charge in [0.05, 0.1) is 17.7 Å². The maximum Gasteiger partial charge on any atom is 0.305 e. The molecule has 112 valence electrons. The molecule has 0 saturated heterocycles. The van der Waals surface area contributed by atoms with Crippen LogP contribution in [0.3, 0.4) is 0 Å². The van der Waals surface area contributed by atoms with Crippen LogP contribution < -0.4 is 5.32 Å². The first kappa shape index (κ1) is 15.0. The highest BCUT2D eigenvalue weighted by Gasteiger charge is 2.17. The second kappa shape index (κ2) is 5.90. The van der Waals surface area contributed by atoms with Crippen molar-refractivity contribution in [2.75, 3.05) is 0 Å². The maximum absolute atomic E-state index is 12.2. The number of hydrogen-bond donors (Lipinski definition) is 2. The SMILES string of the molecule is CCC(CC(=O)O)NC(=O)c1cnc2c(c1)c(C)nn2C. The van der Waals surface area contributed by atoms with E-state index in [-0.39, 0.29) is 18.4 Å². The van der Waals surface area contributed by atoms with Gasteiger partial charge in [-0.1, -0.05) is 6.92 Å². The van der Waals surface area contributed by atoms with Crippen molar-refractivity contribution in [3.05, 3.63) is 23.5 Å². The Morgan fingerprint density at radius 3 is 2.81 bits per heavy atom. The van der Waals surface area contributed by atoms with Gasteiger partial charge >= 0.3 is 5.97 Å². The van der Waals surface area contributed by atoms with E-state index in [1.807, 2.05) is 13.8 Å². The number of rotatable bonds is 5. The minimum atomic E-state index is -0.932. The van der Waals surface area contributed by atoms with Gasteiger partial charge in [-0.15, -0.1) is 0 Å². The van der Waals surface area contributed by atoms with Crippen LogP contribution in [0.4, 0.5) is 0 Å². The number of amides is 1. The second-order valence-corrected chi connectivity index (χ2v) is 4.98. The molecule has 2 aromatic heterocycles. The summed E-state index contributed by atoms with van der Waals surface area (Å²) in [6.07, 6.45) is 1.94. The molecule has 0 bridgehead atoms. The molecule has 0 aromatic carbocycles. The van der Waals surface area contributed by atoms with E-state index in [2.05, 4.69) is 15.4 Å². The first-order chi connectivity index (χ1) is 9.92. The molecule has 21 heavy (non-hydrogen) atoms. The zero-order valence-corrected chi connectivity index (χ0v) is 12.3. The van der Waals surface area contributed by atoms with Gasteiger partial charge in [0.15, 0.2) is 5.65 Å². The minimum Gasteiger partial charge on any atom is -0.481 e. The Bertz CT molecular complexity index is 693. The number of carbonyl (C=O) groups excluding carboxylic acids is 1. The highest BCUT2D eigenvalue weighted by Crippen LogP contribution is 2.16. The smallest absolute Gasteiger partial charge is 0.305 e. The molecule has 7 heteroatoms. The van der Waals surface area contributed by atoms with Crippen molar-refractivity contribution in [1.29, 1.82) is 0 Å². The molecule has 2 aromatic rings. The van der Waals surface area contributed by atoms with Crippen molar-refractivity contribution in [3.8, 4) is 0 Å². The summed E-state index contributed by atoms with van der Waals surface area (Å²) < 4.78 is 1.66. The van der Waals surface area contributed by atoms with Gasteiger partial charge in [0.25, 0.3) is 5.91 Å². The van der Waals surface area contributed by atoms with Crippen molar-refractivity contribution >= 4 is 22.9 Å². The van der Waals surface area contributed by atoms with Crippen LogP contribution in [0.15, 0.2) is 12.3 Å². The van der Waals surface area contributed by atoms with Crippen molar-refractivity contribution in [3.63, 3.8) is 0 Å². The van der Waals surface area contributed by atoms with E-state index in [1.165, 1.54) is 6.20 Å². The summed E-state index contributed by atoms with van der Waals surface area (Å²) in [7, 11) is 1.79. The lowest BCUT2D eigenvalue weighted by molar-refractivity contribution is -0.137. The molecule has 0 aliphatic heterocycles. The Morgan fingerprint density at radius 1 is 1.48 bits per heavy atom. The van der Waals surface area contributed by atoms with E-state index >= 15 is 0 Å². The summed E-state index contributed by atoms with van der Waals surface area (Å²) in [5.74, 6) is -1.25. The minimum absolute atomic E-state index is 0.0934. The molecular formula is C14H18N4O3. The molecule has 0 spiro atoms. The molecule has 0 fully saturated rings. The summed E-state index contributed by atoms with van der Waals surface area (Å²) >= 11 is 0. The van der Waals surface area contributed by atoms with Crippen LogP contribution in [0.1, 0.15) is 35.8 Å². The fourth-order valence-corrected chi connectivity index (χ4v) is 2.21. The molecule has 0 radical (unpaired) electrons. The summed E-state index contributed by atoms with van der Waals surface area (Å²) in [6, 6.07) is 1.34. The molecular weight excluding hydrogens is 272 g/mol. The van der Waals surface area contributed by atoms with E-state index < -0.39 is 5.97 Å². The average Bonchev–Trinajstić information content (AvgIpc) is 2.72. The number of carboxylic acids is 1. The molecule has 0 saturated carbocycles. The average molecular weight is 290 g/mol. The summed E-state index contributed by atoms with van der Waals surface area (Å²) in [5.41, 5.74) is 1.91. The predicted molar refractivity (Wildman–Crippen MR) is 77.0 cm³/mol. The largest absolute Gasteiger partial charge is 0.481 e. The Balaban J connectivity index is 2.23. The molecule has 2 heterocycles. The number of pyridine rings is 1. The highest BCUT2D eigenvalue weighted by molar-refractivity contribution is 5.97. The van der Waals surface area contributed by atoms with Crippen molar-refractivity contribution in [1.82, 2.24) is 20.1 Å². The topological polar surface area (TPSA) is 97.1 Å². The van der Waals surface area contributed by atoms with Gasteiger partial charge in [0, 0.05) is 24.7 Å². The number of hydrogen-bond acceptors (Lipinski definition) is 4. The highest BCUT2D eigenvalue weighted by atomic mass is 16.4. The van der Waals surface area contributed by atoms with Crippen LogP contribution in [0, 0.1) is 6.92 Å². The molecule has 2 N–H and O–H groups in total. The lowest BCUT2D eigenvalue weighted by atomic mass is 10.1. The van der Waals surface area contributed by atoms with E-state index in [4.69, 9.17) is 5.11 Å². The summed E-state index contributed by atoms with van der Waals surface area (Å²) in [6.45, 7) is 3.69. The lowest BCUT2D eigenvalue weighted by Crippen LogP contribution is -2.36. The zero-order chi connectivity index (χ0) is 15.6. The first-order valence-corrected chi connectivity index (χ1v) is 6.74. The fourth-order valence-electron chi connectivity index (χ4n) is 2.21. The summed E-state index contributed by atoms with van der Waals surface area (Å²) in [4.78, 5) is 27.2. The number of carboxylic acid groups (broad SMARTS) is 1. The quantitative estimate of drug-likeness (QED) is 0.864. The molecule has 1 atom stereocenters. The predicted octanol–water partition coefficient (Wildman–Crippen LogP) is 1.26. The van der Waals surface area contributed by atoms with E-state index in [0.717, 1.165) is 11.1 Å². The number of nitrogens with one attached hydrogen (secondary N) is 1. The molecule has 0 aliphatic carbocycles. The molecule has 2 rings (SSSR count). The van der Waals surface area contributed by atoms with Gasteiger partial charge in [0.1, 0.15) is 0 Å². The van der Waals surface area contributed by atoms with Crippen molar-refractivity contribution < 1.29 is 14.7 Å². The van der Waals surface area contributed by atoms with Gasteiger partial charge in [-0.3, -0.25) is 14.3 Å². The van der Waals surface area contributed by atoms with Crippen LogP contribution in [0.25, 0.3) is 11.0 Å². The first-order valence-electron chi connectivity index (χ1n) is 6.74. The van der Waals surface area contributed by atoms with Gasteiger partial charge in [-0.2, -0.15) is 5.10 Å². The summed E-state index contributed by atoms with van der Waals surface area (Å²) in [5, 5.41) is 16.6. The fraction of sp³-hybridized carbons (Fsp3) is 0.429. The number of nitrogens with zero attached hydrogens (tertiary/aromatic N) is 3. The lowest BCUT2D eigenvalue weighted by Gasteiger charge is -2.14. The Hall–Kier alpha value is -2.44. The third-order valence-electron chi connectivity index (χ3n) is 3.37. The van der Waals surface area contributed by atoms with Crippen LogP contribution >= 0.6 is 0 Å².